The highest BCUT2D eigenvalue weighted by molar-refractivity contribution is 7.86. The number of anilines is 1. The second kappa shape index (κ2) is 15.4. The quantitative estimate of drug-likeness (QED) is 0.0832. The van der Waals surface area contributed by atoms with Crippen LogP contribution in [0.4, 0.5) is 11.4 Å². The second-order valence-electron chi connectivity index (χ2n) is 16.2. The van der Waals surface area contributed by atoms with Gasteiger partial charge in [-0.1, -0.05) is 92.2 Å². The summed E-state index contributed by atoms with van der Waals surface area (Å²) in [5, 5.41) is 5.37. The number of allylic oxidation sites excluding steroid dienone is 8. The van der Waals surface area contributed by atoms with Crippen molar-refractivity contribution in [1.82, 2.24) is 0 Å². The van der Waals surface area contributed by atoms with Crippen LogP contribution < -0.4 is 4.90 Å². The van der Waals surface area contributed by atoms with E-state index in [1.54, 1.807) is 0 Å². The summed E-state index contributed by atoms with van der Waals surface area (Å²) in [4.78, 5) is 2.19. The van der Waals surface area contributed by atoms with E-state index in [0.29, 0.717) is 25.9 Å². The van der Waals surface area contributed by atoms with Crippen molar-refractivity contribution >= 4 is 70.5 Å². The lowest BCUT2D eigenvalue weighted by atomic mass is 9.78. The zero-order chi connectivity index (χ0) is 40.0. The molecule has 294 valence electrons. The van der Waals surface area contributed by atoms with Crippen LogP contribution in [0.15, 0.2) is 119 Å². The molecule has 3 aliphatic rings. The number of nitrogens with zero attached hydrogens (tertiary/aromatic N) is 2. The van der Waals surface area contributed by atoms with Crippen LogP contribution in [0.3, 0.4) is 0 Å². The Morgan fingerprint density at radius 2 is 1.36 bits per heavy atom. The number of hydrogen-bond donors (Lipinski definition) is 2. The summed E-state index contributed by atoms with van der Waals surface area (Å²) in [6, 6.07) is 25.2. The monoisotopic (exact) mass is 813 g/mol. The Hall–Kier alpha value is -4.06. The van der Waals surface area contributed by atoms with Crippen LogP contribution in [-0.2, 0) is 31.1 Å². The first-order chi connectivity index (χ1) is 26.5. The third-order valence-corrected chi connectivity index (χ3v) is 13.8. The van der Waals surface area contributed by atoms with Crippen molar-refractivity contribution in [2.45, 2.75) is 77.0 Å². The zero-order valence-electron chi connectivity index (χ0n) is 32.4. The lowest BCUT2D eigenvalue weighted by molar-refractivity contribution is -0.438. The molecule has 0 spiro atoms. The molecular formula is C45H50ClN2O6S2+. The molecule has 2 aliphatic heterocycles. The van der Waals surface area contributed by atoms with E-state index in [1.807, 2.05) is 18.2 Å². The van der Waals surface area contributed by atoms with Gasteiger partial charge >= 0.3 is 0 Å². The van der Waals surface area contributed by atoms with Gasteiger partial charge in [0.2, 0.25) is 5.69 Å². The Labute approximate surface area is 336 Å². The maximum Gasteiger partial charge on any atom is 0.264 e. The van der Waals surface area contributed by atoms with Gasteiger partial charge in [-0.2, -0.15) is 21.4 Å². The Morgan fingerprint density at radius 1 is 0.732 bits per heavy atom. The molecule has 4 aromatic rings. The van der Waals surface area contributed by atoms with Crippen molar-refractivity contribution in [1.29, 1.82) is 0 Å². The average Bonchev–Trinajstić information content (AvgIpc) is 3.49. The number of benzene rings is 4. The van der Waals surface area contributed by atoms with E-state index in [1.165, 1.54) is 16.5 Å². The standard InChI is InChI=1S/C45H49ClN2O6S2/c1-44(2)39(47(27-9-10-29-55(49,50)51)37-23-19-31-13-5-7-17-35(31)41(37)44)25-21-33-15-11-16-34(43(33)46)22-26-40-45(3,4)42-36-18-8-6-14-32(36)20-24-38(42)48(40)28-12-30-56(52,53)54/h5-8,13-14,17-26H,9-12,15-16,27-30H2,1-4H3,(H-,49,50,51,52,53,54)/p+1. The summed E-state index contributed by atoms with van der Waals surface area (Å²) in [5.74, 6) is -0.583. The summed E-state index contributed by atoms with van der Waals surface area (Å²) >= 11 is 7.27. The van der Waals surface area contributed by atoms with Crippen molar-refractivity contribution in [3.05, 3.63) is 130 Å². The van der Waals surface area contributed by atoms with Crippen LogP contribution in [0.2, 0.25) is 0 Å². The number of rotatable bonds is 12. The van der Waals surface area contributed by atoms with Crippen LogP contribution >= 0.6 is 11.6 Å². The van der Waals surface area contributed by atoms with E-state index in [0.717, 1.165) is 74.4 Å². The minimum atomic E-state index is -4.10. The molecule has 0 saturated carbocycles. The molecule has 0 radical (unpaired) electrons. The Kier molecular flexibility index (Phi) is 11.0. The molecular weight excluding hydrogens is 764 g/mol. The summed E-state index contributed by atoms with van der Waals surface area (Å²) < 4.78 is 67.5. The molecule has 0 atom stereocenters. The van der Waals surface area contributed by atoms with Gasteiger partial charge in [0.25, 0.3) is 20.2 Å². The SMILES string of the molecule is CC1(C)C(/C=C/C2=C(Cl)C(=C/C=C3/N(CCCS(=O)(=O)O)c4ccc5ccccc5c4C3(C)C)/CCC2)=[N+](CCCCS(=O)(=O)O)c2ccc3ccccc3c21. The largest absolute Gasteiger partial charge is 0.344 e. The van der Waals surface area contributed by atoms with E-state index < -0.39 is 25.7 Å². The molecule has 56 heavy (non-hydrogen) atoms. The predicted molar refractivity (Wildman–Crippen MR) is 230 cm³/mol. The third-order valence-electron chi connectivity index (χ3n) is 11.7. The number of halogens is 1. The van der Waals surface area contributed by atoms with Crippen LogP contribution in [0.1, 0.15) is 77.3 Å². The van der Waals surface area contributed by atoms with Crippen molar-refractivity contribution in [2.24, 2.45) is 0 Å². The van der Waals surface area contributed by atoms with E-state index >= 15 is 0 Å². The lowest BCUT2D eigenvalue weighted by Crippen LogP contribution is -2.28. The molecule has 0 bridgehead atoms. The first kappa shape index (κ1) is 40.1. The number of hydrogen-bond acceptors (Lipinski definition) is 5. The summed E-state index contributed by atoms with van der Waals surface area (Å²) in [7, 11) is -8.14. The Morgan fingerprint density at radius 3 is 2.04 bits per heavy atom. The fraction of sp³-hybridized carbons (Fsp3) is 0.356. The molecule has 4 aromatic carbocycles. The molecule has 2 N–H and O–H groups in total. The topological polar surface area (TPSA) is 115 Å². The van der Waals surface area contributed by atoms with Crippen LogP contribution in [0.5, 0.6) is 0 Å². The molecule has 7 rings (SSSR count). The molecule has 2 heterocycles. The minimum Gasteiger partial charge on any atom is -0.344 e. The molecule has 1 aliphatic carbocycles. The maximum atomic E-state index is 11.7. The van der Waals surface area contributed by atoms with Gasteiger partial charge in [0, 0.05) is 52.5 Å². The Bertz CT molecular complexity index is 2620. The molecule has 0 amide bonds. The second-order valence-corrected chi connectivity index (χ2v) is 19.7. The highest BCUT2D eigenvalue weighted by Crippen LogP contribution is 2.51. The lowest BCUT2D eigenvalue weighted by Gasteiger charge is -2.27. The molecule has 0 unspecified atom stereocenters. The summed E-state index contributed by atoms with van der Waals surface area (Å²) in [6.07, 6.45) is 12.4. The number of fused-ring (bicyclic) bond motifs is 6. The highest BCUT2D eigenvalue weighted by atomic mass is 35.5. The number of unbranched alkanes of at least 4 members (excludes halogenated alkanes) is 1. The third kappa shape index (κ3) is 7.91. The summed E-state index contributed by atoms with van der Waals surface area (Å²) in [6.45, 7) is 9.90. The van der Waals surface area contributed by atoms with Crippen LogP contribution in [-0.4, -0.2) is 60.8 Å². The van der Waals surface area contributed by atoms with E-state index in [-0.39, 0.29) is 23.3 Å². The minimum absolute atomic E-state index is 0.268. The van der Waals surface area contributed by atoms with Crippen molar-refractivity contribution in [3.63, 3.8) is 0 Å². The molecule has 0 fully saturated rings. The van der Waals surface area contributed by atoms with Crippen molar-refractivity contribution in [2.75, 3.05) is 29.5 Å². The predicted octanol–water partition coefficient (Wildman–Crippen LogP) is 10.2. The molecule has 0 saturated heterocycles. The summed E-state index contributed by atoms with van der Waals surface area (Å²) in [5.41, 5.74) is 8.03. The Balaban J connectivity index is 1.25. The smallest absolute Gasteiger partial charge is 0.264 e. The van der Waals surface area contributed by atoms with Crippen LogP contribution in [0, 0.1) is 0 Å². The van der Waals surface area contributed by atoms with Gasteiger partial charge in [0.05, 0.1) is 16.9 Å². The highest BCUT2D eigenvalue weighted by Gasteiger charge is 2.45. The van der Waals surface area contributed by atoms with Gasteiger partial charge in [0.15, 0.2) is 5.71 Å². The molecule has 11 heteroatoms. The zero-order valence-corrected chi connectivity index (χ0v) is 34.8. The van der Waals surface area contributed by atoms with E-state index in [4.69, 9.17) is 11.6 Å². The van der Waals surface area contributed by atoms with Gasteiger partial charge in [-0.3, -0.25) is 9.11 Å². The van der Waals surface area contributed by atoms with Gasteiger partial charge in [-0.25, -0.2) is 0 Å². The first-order valence-electron chi connectivity index (χ1n) is 19.3. The molecule has 8 nitrogen and oxygen atoms in total. The average molecular weight is 814 g/mol. The first-order valence-corrected chi connectivity index (χ1v) is 22.9. The van der Waals surface area contributed by atoms with Gasteiger partial charge in [-0.15, -0.1) is 0 Å². The van der Waals surface area contributed by atoms with Crippen LogP contribution in [0.25, 0.3) is 21.5 Å². The van der Waals surface area contributed by atoms with Gasteiger partial charge in [0.1, 0.15) is 6.54 Å². The van der Waals surface area contributed by atoms with Gasteiger partial charge in [-0.05, 0) is 102 Å². The van der Waals surface area contributed by atoms with Crippen molar-refractivity contribution in [3.8, 4) is 0 Å². The van der Waals surface area contributed by atoms with Crippen molar-refractivity contribution < 1.29 is 30.5 Å². The van der Waals surface area contributed by atoms with Gasteiger partial charge < -0.3 is 4.90 Å². The fourth-order valence-electron chi connectivity index (χ4n) is 9.08. The maximum absolute atomic E-state index is 11.7. The normalized spacial score (nSPS) is 19.7. The molecule has 0 aromatic heterocycles. The fourth-order valence-corrected chi connectivity index (χ4v) is 10.5. The van der Waals surface area contributed by atoms with E-state index in [9.17, 15) is 25.9 Å². The van der Waals surface area contributed by atoms with E-state index in [2.05, 4.69) is 116 Å².